The van der Waals surface area contributed by atoms with E-state index in [0.29, 0.717) is 17.4 Å². The maximum Gasteiger partial charge on any atom is 0.223 e. The van der Waals surface area contributed by atoms with Gasteiger partial charge in [0, 0.05) is 25.6 Å². The third-order valence-corrected chi connectivity index (χ3v) is 7.47. The molecule has 4 saturated carbocycles. The lowest BCUT2D eigenvalue weighted by molar-refractivity contribution is -0.139. The van der Waals surface area contributed by atoms with Crippen LogP contribution in [0.2, 0.25) is 0 Å². The number of nitrogens with zero attached hydrogens (tertiary/aromatic N) is 2. The first-order valence-electron chi connectivity index (χ1n) is 9.97. The average molecular weight is 319 g/mol. The van der Waals surface area contributed by atoms with Gasteiger partial charge in [-0.2, -0.15) is 0 Å². The molecule has 1 saturated heterocycles. The molecule has 1 aliphatic heterocycles. The molecule has 1 amide bonds. The van der Waals surface area contributed by atoms with Gasteiger partial charge in [-0.3, -0.25) is 4.79 Å². The molecule has 1 unspecified atom stereocenters. The molecule has 0 radical (unpaired) electrons. The van der Waals surface area contributed by atoms with Crippen molar-refractivity contribution in [1.29, 1.82) is 0 Å². The van der Waals surface area contributed by atoms with Crippen molar-refractivity contribution in [2.45, 2.75) is 70.3 Å². The Morgan fingerprint density at radius 3 is 2.17 bits per heavy atom. The summed E-state index contributed by atoms with van der Waals surface area (Å²) in [4.78, 5) is 17.6. The van der Waals surface area contributed by atoms with Crippen LogP contribution in [0, 0.1) is 23.2 Å². The predicted octanol–water partition coefficient (Wildman–Crippen LogP) is 3.54. The molecule has 130 valence electrons. The number of carbonyl (C=O) groups excluding carboxylic acids is 1. The van der Waals surface area contributed by atoms with Gasteiger partial charge in [-0.1, -0.05) is 0 Å². The van der Waals surface area contributed by atoms with Crippen LogP contribution in [-0.4, -0.2) is 48.9 Å². The summed E-state index contributed by atoms with van der Waals surface area (Å²) in [7, 11) is 4.36. The second kappa shape index (κ2) is 6.06. The Kier molecular flexibility index (Phi) is 4.19. The Morgan fingerprint density at radius 1 is 1.00 bits per heavy atom. The van der Waals surface area contributed by atoms with Crippen LogP contribution in [0.4, 0.5) is 0 Å². The molecule has 23 heavy (non-hydrogen) atoms. The highest BCUT2D eigenvalue weighted by atomic mass is 16.2. The van der Waals surface area contributed by atoms with Gasteiger partial charge in [-0.25, -0.2) is 0 Å². The van der Waals surface area contributed by atoms with Gasteiger partial charge in [0.2, 0.25) is 5.91 Å². The van der Waals surface area contributed by atoms with E-state index in [4.69, 9.17) is 0 Å². The molecule has 5 aliphatic rings. The highest BCUT2D eigenvalue weighted by Gasteiger charge is 2.51. The Hall–Kier alpha value is -0.570. The van der Waals surface area contributed by atoms with E-state index in [9.17, 15) is 4.79 Å². The smallest absolute Gasteiger partial charge is 0.223 e. The lowest BCUT2D eigenvalue weighted by atomic mass is 9.49. The molecule has 5 fully saturated rings. The fourth-order valence-electron chi connectivity index (χ4n) is 6.78. The maximum atomic E-state index is 13.0. The summed E-state index contributed by atoms with van der Waals surface area (Å²) in [6.45, 7) is 1.98. The van der Waals surface area contributed by atoms with Crippen molar-refractivity contribution in [3.63, 3.8) is 0 Å². The van der Waals surface area contributed by atoms with Crippen molar-refractivity contribution in [2.24, 2.45) is 23.2 Å². The number of rotatable bonds is 3. The van der Waals surface area contributed by atoms with E-state index >= 15 is 0 Å². The zero-order valence-electron chi connectivity index (χ0n) is 15.1. The summed E-state index contributed by atoms with van der Waals surface area (Å²) >= 11 is 0. The number of hydrogen-bond donors (Lipinski definition) is 0. The summed E-state index contributed by atoms with van der Waals surface area (Å²) < 4.78 is 0. The van der Waals surface area contributed by atoms with Crippen molar-refractivity contribution >= 4 is 5.91 Å². The monoisotopic (exact) mass is 318 g/mol. The average Bonchev–Trinajstić information content (AvgIpc) is 2.71. The molecule has 4 bridgehead atoms. The van der Waals surface area contributed by atoms with Crippen LogP contribution in [0.3, 0.4) is 0 Å². The Bertz CT molecular complexity index is 423. The zero-order chi connectivity index (χ0) is 16.0. The van der Waals surface area contributed by atoms with E-state index in [2.05, 4.69) is 23.9 Å². The largest absolute Gasteiger partial charge is 0.343 e. The van der Waals surface area contributed by atoms with Crippen LogP contribution < -0.4 is 0 Å². The van der Waals surface area contributed by atoms with Crippen molar-refractivity contribution in [2.75, 3.05) is 27.2 Å². The minimum Gasteiger partial charge on any atom is -0.343 e. The van der Waals surface area contributed by atoms with E-state index in [1.54, 1.807) is 0 Å². The Morgan fingerprint density at radius 2 is 1.61 bits per heavy atom. The fraction of sp³-hybridized carbons (Fsp3) is 0.950. The number of carbonyl (C=O) groups is 1. The second-order valence-electron chi connectivity index (χ2n) is 9.52. The van der Waals surface area contributed by atoms with Gasteiger partial charge < -0.3 is 9.80 Å². The van der Waals surface area contributed by atoms with Crippen LogP contribution in [-0.2, 0) is 4.79 Å². The molecule has 1 heterocycles. The minimum atomic E-state index is 0.402. The van der Waals surface area contributed by atoms with Crippen LogP contribution >= 0.6 is 0 Å². The van der Waals surface area contributed by atoms with E-state index in [1.165, 1.54) is 51.4 Å². The lowest BCUT2D eigenvalue weighted by Crippen LogP contribution is -2.48. The molecule has 5 rings (SSSR count). The molecule has 0 aromatic rings. The van der Waals surface area contributed by atoms with Crippen LogP contribution in [0.15, 0.2) is 0 Å². The van der Waals surface area contributed by atoms with Crippen LogP contribution in [0.25, 0.3) is 0 Å². The zero-order valence-corrected chi connectivity index (χ0v) is 15.1. The van der Waals surface area contributed by atoms with Crippen molar-refractivity contribution in [3.8, 4) is 0 Å². The van der Waals surface area contributed by atoms with Crippen molar-refractivity contribution < 1.29 is 4.79 Å². The van der Waals surface area contributed by atoms with E-state index in [-0.39, 0.29) is 0 Å². The topological polar surface area (TPSA) is 23.6 Å². The number of amides is 1. The highest BCUT2D eigenvalue weighted by Crippen LogP contribution is 2.61. The van der Waals surface area contributed by atoms with Crippen LogP contribution in [0.1, 0.15) is 64.2 Å². The normalized spacial score (nSPS) is 43.0. The summed E-state index contributed by atoms with van der Waals surface area (Å²) in [6, 6.07) is 0.660. The molecule has 0 N–H and O–H groups in total. The fourth-order valence-corrected chi connectivity index (χ4v) is 6.78. The summed E-state index contributed by atoms with van der Waals surface area (Å²) in [5, 5.41) is 0. The lowest BCUT2D eigenvalue weighted by Gasteiger charge is -2.57. The minimum absolute atomic E-state index is 0.402. The van der Waals surface area contributed by atoms with Gasteiger partial charge in [0.15, 0.2) is 0 Å². The molecule has 1 atom stereocenters. The van der Waals surface area contributed by atoms with Gasteiger partial charge in [0.1, 0.15) is 0 Å². The molecule has 0 aromatic heterocycles. The SMILES string of the molecule is CN(C)C1CCCN(C(=O)CC23CC4CC(CC(C4)C2)C3)CC1. The predicted molar refractivity (Wildman–Crippen MR) is 93.1 cm³/mol. The standard InChI is InChI=1S/C20H34N2O/c1-21(2)18-4-3-6-22(7-5-18)19(23)14-20-11-15-8-16(12-20)10-17(9-15)13-20/h15-18H,3-14H2,1-2H3. The summed E-state index contributed by atoms with van der Waals surface area (Å²) in [5.41, 5.74) is 0.402. The van der Waals surface area contributed by atoms with Crippen LogP contribution in [0.5, 0.6) is 0 Å². The first-order chi connectivity index (χ1) is 11.0. The Labute approximate surface area is 141 Å². The number of likely N-dealkylation sites (tertiary alicyclic amines) is 1. The maximum absolute atomic E-state index is 13.0. The molecule has 3 heteroatoms. The van der Waals surface area contributed by atoms with E-state index in [1.807, 2.05) is 0 Å². The van der Waals surface area contributed by atoms with E-state index < -0.39 is 0 Å². The third-order valence-electron chi connectivity index (χ3n) is 7.47. The molecule has 3 nitrogen and oxygen atoms in total. The van der Waals surface area contributed by atoms with Crippen molar-refractivity contribution in [3.05, 3.63) is 0 Å². The quantitative estimate of drug-likeness (QED) is 0.795. The molecular weight excluding hydrogens is 284 g/mol. The molecule has 4 aliphatic carbocycles. The Balaban J connectivity index is 1.38. The van der Waals surface area contributed by atoms with Gasteiger partial charge in [-0.05, 0) is 95.1 Å². The van der Waals surface area contributed by atoms with Gasteiger partial charge >= 0.3 is 0 Å². The summed E-state index contributed by atoms with van der Waals surface area (Å²) in [6.07, 6.45) is 12.9. The van der Waals surface area contributed by atoms with E-state index in [0.717, 1.165) is 43.7 Å². The third kappa shape index (κ3) is 3.18. The first-order valence-corrected chi connectivity index (χ1v) is 9.97. The van der Waals surface area contributed by atoms with Crippen molar-refractivity contribution in [1.82, 2.24) is 9.80 Å². The van der Waals surface area contributed by atoms with Gasteiger partial charge in [0.25, 0.3) is 0 Å². The summed E-state index contributed by atoms with van der Waals surface area (Å²) in [5.74, 6) is 3.34. The van der Waals surface area contributed by atoms with Gasteiger partial charge in [0.05, 0.1) is 0 Å². The van der Waals surface area contributed by atoms with Gasteiger partial charge in [-0.15, -0.1) is 0 Å². The second-order valence-corrected chi connectivity index (χ2v) is 9.52. The molecule has 0 spiro atoms. The highest BCUT2D eigenvalue weighted by molar-refractivity contribution is 5.77. The molecule has 0 aromatic carbocycles. The molecular formula is C20H34N2O. The number of hydrogen-bond acceptors (Lipinski definition) is 2. The first kappa shape index (κ1) is 15.9.